The second-order valence-corrected chi connectivity index (χ2v) is 7.20. The zero-order valence-electron chi connectivity index (χ0n) is 15.6. The van der Waals surface area contributed by atoms with Crippen molar-refractivity contribution in [1.29, 1.82) is 0 Å². The highest BCUT2D eigenvalue weighted by atomic mass is 35.5. The van der Waals surface area contributed by atoms with Gasteiger partial charge in [-0.25, -0.2) is 0 Å². The average Bonchev–Trinajstić information content (AvgIpc) is 2.64. The molecule has 1 atom stereocenters. The fraction of sp³-hybridized carbons (Fsp3) is 0.217. The summed E-state index contributed by atoms with van der Waals surface area (Å²) in [4.78, 5) is 0. The average molecular weight is 405 g/mol. The number of benzene rings is 2. The van der Waals surface area contributed by atoms with Gasteiger partial charge in [0.05, 0.1) is 12.7 Å². The Labute approximate surface area is 167 Å². The molecule has 0 amide bonds. The number of rotatable bonds is 3. The molecule has 0 saturated carbocycles. The lowest BCUT2D eigenvalue weighted by atomic mass is 9.94. The van der Waals surface area contributed by atoms with Crippen molar-refractivity contribution in [2.24, 2.45) is 5.92 Å². The van der Waals surface area contributed by atoms with E-state index in [1.807, 2.05) is 36.4 Å². The van der Waals surface area contributed by atoms with Crippen LogP contribution in [-0.2, 0) is 6.18 Å². The predicted molar refractivity (Wildman–Crippen MR) is 108 cm³/mol. The normalized spacial score (nSPS) is 21.1. The maximum atomic E-state index is 12.9. The van der Waals surface area contributed by atoms with Crippen LogP contribution in [0.5, 0.6) is 5.75 Å². The molecule has 2 aromatic carbocycles. The predicted octanol–water partition coefficient (Wildman–Crippen LogP) is 7.48. The highest BCUT2D eigenvalue weighted by molar-refractivity contribution is 6.30. The standard InChI is InChI=1S/C23H20ClF3O/c1-15-4-3-5-17(13-20(24)12-15)18-8-11-22(28-2)21(14-18)16-6-9-19(10-7-16)23(25,26)27/h3-12,14-15H,13H2,1-2H3/b4-3?,17-5+,20-12+. The van der Waals surface area contributed by atoms with Gasteiger partial charge in [0, 0.05) is 17.0 Å². The summed E-state index contributed by atoms with van der Waals surface area (Å²) in [5, 5.41) is 0.759. The minimum atomic E-state index is -4.36. The molecule has 1 nitrogen and oxygen atoms in total. The molecule has 0 radical (unpaired) electrons. The van der Waals surface area contributed by atoms with Crippen LogP contribution in [0.4, 0.5) is 13.2 Å². The maximum absolute atomic E-state index is 12.9. The smallest absolute Gasteiger partial charge is 0.416 e. The third kappa shape index (κ3) is 4.68. The number of halogens is 4. The molecule has 0 aromatic heterocycles. The van der Waals surface area contributed by atoms with E-state index in [0.717, 1.165) is 33.9 Å². The van der Waals surface area contributed by atoms with E-state index in [2.05, 4.69) is 13.0 Å². The Morgan fingerprint density at radius 3 is 2.36 bits per heavy atom. The van der Waals surface area contributed by atoms with E-state index in [4.69, 9.17) is 16.3 Å². The summed E-state index contributed by atoms with van der Waals surface area (Å²) in [5.74, 6) is 0.865. The lowest BCUT2D eigenvalue weighted by molar-refractivity contribution is -0.137. The SMILES string of the molecule is COc1ccc(/C2=C/C=CC(C)/C=C(/Cl)C2)cc1-c1ccc(C(F)(F)F)cc1. The number of hydrogen-bond donors (Lipinski definition) is 0. The highest BCUT2D eigenvalue weighted by Crippen LogP contribution is 2.37. The van der Waals surface area contributed by atoms with Crippen LogP contribution in [0.1, 0.15) is 24.5 Å². The van der Waals surface area contributed by atoms with E-state index in [9.17, 15) is 13.2 Å². The molecule has 1 aliphatic carbocycles. The Morgan fingerprint density at radius 1 is 1.04 bits per heavy atom. The Hall–Kier alpha value is -2.46. The largest absolute Gasteiger partial charge is 0.496 e. The summed E-state index contributed by atoms with van der Waals surface area (Å²) in [7, 11) is 1.54. The van der Waals surface area contributed by atoms with Gasteiger partial charge in [0.25, 0.3) is 0 Å². The zero-order chi connectivity index (χ0) is 20.3. The van der Waals surface area contributed by atoms with Crippen molar-refractivity contribution in [1.82, 2.24) is 0 Å². The van der Waals surface area contributed by atoms with Gasteiger partial charge in [-0.3, -0.25) is 0 Å². The van der Waals surface area contributed by atoms with Crippen LogP contribution in [-0.4, -0.2) is 7.11 Å². The minimum Gasteiger partial charge on any atom is -0.496 e. The van der Waals surface area contributed by atoms with Crippen LogP contribution >= 0.6 is 11.6 Å². The van der Waals surface area contributed by atoms with E-state index in [0.29, 0.717) is 17.7 Å². The first-order valence-electron chi connectivity index (χ1n) is 8.87. The Morgan fingerprint density at radius 2 is 1.71 bits per heavy atom. The molecule has 0 N–H and O–H groups in total. The topological polar surface area (TPSA) is 9.23 Å². The summed E-state index contributed by atoms with van der Waals surface area (Å²) >= 11 is 6.36. The molecule has 0 heterocycles. The fourth-order valence-electron chi connectivity index (χ4n) is 3.16. The van der Waals surface area contributed by atoms with Crippen LogP contribution in [0, 0.1) is 5.92 Å². The van der Waals surface area contributed by atoms with Gasteiger partial charge in [0.1, 0.15) is 5.75 Å². The molecule has 2 aromatic rings. The highest BCUT2D eigenvalue weighted by Gasteiger charge is 2.30. The molecule has 0 bridgehead atoms. The molecule has 0 spiro atoms. The van der Waals surface area contributed by atoms with E-state index < -0.39 is 11.7 Å². The second-order valence-electron chi connectivity index (χ2n) is 6.72. The zero-order valence-corrected chi connectivity index (χ0v) is 16.3. The lowest BCUT2D eigenvalue weighted by Crippen LogP contribution is -2.04. The van der Waals surface area contributed by atoms with Crippen molar-refractivity contribution in [2.45, 2.75) is 19.5 Å². The summed E-state index contributed by atoms with van der Waals surface area (Å²) in [5.41, 5.74) is 2.69. The summed E-state index contributed by atoms with van der Waals surface area (Å²) in [6, 6.07) is 10.8. The van der Waals surface area contributed by atoms with Crippen molar-refractivity contribution in [2.75, 3.05) is 7.11 Å². The number of ether oxygens (including phenoxy) is 1. The third-order valence-electron chi connectivity index (χ3n) is 4.61. The van der Waals surface area contributed by atoms with Crippen LogP contribution in [0.15, 0.2) is 71.8 Å². The first kappa shape index (κ1) is 20.3. The molecule has 0 fully saturated rings. The number of methoxy groups -OCH3 is 1. The van der Waals surface area contributed by atoms with Crippen LogP contribution in [0.25, 0.3) is 16.7 Å². The molecular weight excluding hydrogens is 385 g/mol. The van der Waals surface area contributed by atoms with Gasteiger partial charge in [-0.15, -0.1) is 0 Å². The Bertz CT molecular complexity index is 937. The van der Waals surface area contributed by atoms with Crippen molar-refractivity contribution in [3.63, 3.8) is 0 Å². The fourth-order valence-corrected chi connectivity index (χ4v) is 3.50. The summed E-state index contributed by atoms with van der Waals surface area (Å²) in [6.07, 6.45) is 4.31. The molecule has 1 aliphatic rings. The van der Waals surface area contributed by atoms with Gasteiger partial charge in [0.2, 0.25) is 0 Å². The molecule has 28 heavy (non-hydrogen) atoms. The van der Waals surface area contributed by atoms with Gasteiger partial charge in [-0.2, -0.15) is 13.2 Å². The van der Waals surface area contributed by atoms with E-state index in [-0.39, 0.29) is 5.92 Å². The number of allylic oxidation sites excluding steroid dienone is 6. The van der Waals surface area contributed by atoms with Crippen molar-refractivity contribution >= 4 is 17.2 Å². The first-order valence-corrected chi connectivity index (χ1v) is 9.25. The van der Waals surface area contributed by atoms with Gasteiger partial charge < -0.3 is 4.74 Å². The molecule has 0 saturated heterocycles. The quantitative estimate of drug-likeness (QED) is 0.515. The van der Waals surface area contributed by atoms with Crippen molar-refractivity contribution in [3.05, 3.63) is 82.9 Å². The number of hydrogen-bond acceptors (Lipinski definition) is 1. The molecule has 1 unspecified atom stereocenters. The molecular formula is C23H20ClF3O. The van der Waals surface area contributed by atoms with Gasteiger partial charge in [-0.05, 0) is 46.9 Å². The van der Waals surface area contributed by atoms with E-state index in [1.165, 1.54) is 12.1 Å². The van der Waals surface area contributed by atoms with Crippen LogP contribution < -0.4 is 4.74 Å². The monoisotopic (exact) mass is 404 g/mol. The van der Waals surface area contributed by atoms with Gasteiger partial charge in [0.15, 0.2) is 0 Å². The molecule has 146 valence electrons. The molecule has 3 rings (SSSR count). The first-order chi connectivity index (χ1) is 13.3. The van der Waals surface area contributed by atoms with Crippen molar-refractivity contribution < 1.29 is 17.9 Å². The van der Waals surface area contributed by atoms with Crippen LogP contribution in [0.3, 0.4) is 0 Å². The second kappa shape index (κ2) is 8.27. The van der Waals surface area contributed by atoms with Gasteiger partial charge >= 0.3 is 6.18 Å². The van der Waals surface area contributed by atoms with Gasteiger partial charge in [-0.1, -0.05) is 61.0 Å². The summed E-state index contributed by atoms with van der Waals surface area (Å²) < 4.78 is 44.0. The minimum absolute atomic E-state index is 0.267. The maximum Gasteiger partial charge on any atom is 0.416 e. The third-order valence-corrected chi connectivity index (χ3v) is 4.87. The number of alkyl halides is 3. The molecule has 0 aliphatic heterocycles. The van der Waals surface area contributed by atoms with Crippen LogP contribution in [0.2, 0.25) is 0 Å². The van der Waals surface area contributed by atoms with Crippen molar-refractivity contribution in [3.8, 4) is 16.9 Å². The van der Waals surface area contributed by atoms with E-state index >= 15 is 0 Å². The Balaban J connectivity index is 2.02. The Kier molecular flexibility index (Phi) is 5.99. The lowest BCUT2D eigenvalue weighted by Gasteiger charge is -2.15. The molecule has 5 heteroatoms. The van der Waals surface area contributed by atoms with E-state index in [1.54, 1.807) is 7.11 Å². The summed E-state index contributed by atoms with van der Waals surface area (Å²) in [6.45, 7) is 2.06.